The molecule has 0 heterocycles. The van der Waals surface area contributed by atoms with Crippen LogP contribution in [0, 0.1) is 23.2 Å². The van der Waals surface area contributed by atoms with Gasteiger partial charge in [-0.3, -0.25) is 0 Å². The fourth-order valence-electron chi connectivity index (χ4n) is 4.71. The predicted molar refractivity (Wildman–Crippen MR) is 57.3 cm³/mol. The molecule has 1 N–H and O–H groups in total. The van der Waals surface area contributed by atoms with Crippen LogP contribution in [0.2, 0.25) is 0 Å². The highest BCUT2D eigenvalue weighted by molar-refractivity contribution is 6.21. The van der Waals surface area contributed by atoms with Crippen molar-refractivity contribution in [3.05, 3.63) is 0 Å². The molecule has 14 heavy (non-hydrogen) atoms. The van der Waals surface area contributed by atoms with Crippen molar-refractivity contribution in [2.45, 2.75) is 43.9 Å². The first kappa shape index (κ1) is 9.47. The normalized spacial score (nSPS) is 55.3. The highest BCUT2D eigenvalue weighted by Crippen LogP contribution is 2.62. The fourth-order valence-corrected chi connectivity index (χ4v) is 5.20. The summed E-state index contributed by atoms with van der Waals surface area (Å²) in [5.41, 5.74) is 0.324. The van der Waals surface area contributed by atoms with Crippen molar-refractivity contribution in [1.82, 2.24) is 0 Å². The van der Waals surface area contributed by atoms with Gasteiger partial charge in [-0.15, -0.1) is 11.6 Å². The van der Waals surface area contributed by atoms with Gasteiger partial charge in [0.25, 0.3) is 0 Å². The molecule has 0 spiro atoms. The van der Waals surface area contributed by atoms with Crippen molar-refractivity contribution >= 4 is 11.6 Å². The minimum atomic E-state index is 0.324. The van der Waals surface area contributed by atoms with E-state index >= 15 is 0 Å². The van der Waals surface area contributed by atoms with Crippen molar-refractivity contribution in [3.63, 3.8) is 0 Å². The van der Waals surface area contributed by atoms with Crippen LogP contribution in [0.4, 0.5) is 0 Å². The van der Waals surface area contributed by atoms with Gasteiger partial charge in [0.05, 0.1) is 0 Å². The van der Waals surface area contributed by atoms with Crippen LogP contribution in [0.1, 0.15) is 38.5 Å². The van der Waals surface area contributed by atoms with Crippen molar-refractivity contribution in [2.24, 2.45) is 23.2 Å². The Morgan fingerprint density at radius 1 is 1.14 bits per heavy atom. The largest absolute Gasteiger partial charge is 0.396 e. The average molecular weight is 215 g/mol. The van der Waals surface area contributed by atoms with Gasteiger partial charge in [0, 0.05) is 12.0 Å². The maximum absolute atomic E-state index is 9.19. The summed E-state index contributed by atoms with van der Waals surface area (Å²) in [7, 11) is 0. The van der Waals surface area contributed by atoms with Crippen molar-refractivity contribution in [3.8, 4) is 0 Å². The number of halogens is 1. The average Bonchev–Trinajstić information content (AvgIpc) is 2.13. The molecule has 0 amide bonds. The molecule has 4 bridgehead atoms. The molecule has 0 aromatic rings. The summed E-state index contributed by atoms with van der Waals surface area (Å²) in [4.78, 5) is 0. The Bertz CT molecular complexity index is 226. The Hall–Kier alpha value is 0.250. The van der Waals surface area contributed by atoms with Crippen LogP contribution in [0.15, 0.2) is 0 Å². The van der Waals surface area contributed by atoms with Crippen molar-refractivity contribution < 1.29 is 5.11 Å². The zero-order chi connectivity index (χ0) is 9.76. The van der Waals surface area contributed by atoms with Gasteiger partial charge in [-0.25, -0.2) is 0 Å². The molecule has 0 saturated heterocycles. The maximum Gasteiger partial charge on any atom is 0.0436 e. The molecule has 4 aliphatic rings. The van der Waals surface area contributed by atoms with Crippen LogP contribution in [0.3, 0.4) is 0 Å². The molecule has 4 saturated carbocycles. The molecule has 3 atom stereocenters. The first-order valence-corrected chi connectivity index (χ1v) is 6.42. The zero-order valence-electron chi connectivity index (χ0n) is 8.58. The minimum absolute atomic E-state index is 0.324. The van der Waals surface area contributed by atoms with Crippen molar-refractivity contribution in [2.75, 3.05) is 6.61 Å². The summed E-state index contributed by atoms with van der Waals surface area (Å²) < 4.78 is 0. The van der Waals surface area contributed by atoms with Gasteiger partial charge in [-0.05, 0) is 61.7 Å². The Morgan fingerprint density at radius 3 is 2.36 bits per heavy atom. The molecule has 4 rings (SSSR count). The van der Waals surface area contributed by atoms with E-state index in [-0.39, 0.29) is 0 Å². The van der Waals surface area contributed by atoms with E-state index in [1.165, 1.54) is 32.1 Å². The molecule has 0 aromatic heterocycles. The van der Waals surface area contributed by atoms with E-state index in [1.807, 2.05) is 0 Å². The third-order valence-corrected chi connectivity index (χ3v) is 5.76. The van der Waals surface area contributed by atoms with E-state index in [1.54, 1.807) is 0 Å². The van der Waals surface area contributed by atoms with E-state index in [0.29, 0.717) is 17.4 Å². The highest BCUT2D eigenvalue weighted by Gasteiger charge is 2.55. The Labute approximate surface area is 90.8 Å². The number of hydrogen-bond acceptors (Lipinski definition) is 1. The maximum atomic E-state index is 9.19. The van der Waals surface area contributed by atoms with Gasteiger partial charge >= 0.3 is 0 Å². The van der Waals surface area contributed by atoms with Gasteiger partial charge in [-0.2, -0.15) is 0 Å². The molecule has 0 radical (unpaired) electrons. The predicted octanol–water partition coefficient (Wildman–Crippen LogP) is 2.80. The smallest absolute Gasteiger partial charge is 0.0436 e. The molecule has 2 heteroatoms. The number of alkyl halides is 1. The third-order valence-electron chi connectivity index (χ3n) is 4.94. The summed E-state index contributed by atoms with van der Waals surface area (Å²) in [5.74, 6) is 2.65. The third kappa shape index (κ3) is 1.18. The van der Waals surface area contributed by atoms with Crippen LogP contribution in [0.25, 0.3) is 0 Å². The number of hydrogen-bond donors (Lipinski definition) is 1. The lowest BCUT2D eigenvalue weighted by Crippen LogP contribution is -2.53. The Balaban J connectivity index is 1.89. The van der Waals surface area contributed by atoms with E-state index in [4.69, 9.17) is 11.6 Å². The lowest BCUT2D eigenvalue weighted by atomic mass is 9.48. The van der Waals surface area contributed by atoms with Crippen LogP contribution in [-0.2, 0) is 0 Å². The van der Waals surface area contributed by atoms with E-state index < -0.39 is 0 Å². The minimum Gasteiger partial charge on any atom is -0.396 e. The molecule has 4 fully saturated rings. The highest BCUT2D eigenvalue weighted by atomic mass is 35.5. The van der Waals surface area contributed by atoms with E-state index in [9.17, 15) is 5.11 Å². The Kier molecular flexibility index (Phi) is 2.11. The van der Waals surface area contributed by atoms with Crippen LogP contribution >= 0.6 is 11.6 Å². The summed E-state index contributed by atoms with van der Waals surface area (Å²) >= 11 is 6.59. The zero-order valence-corrected chi connectivity index (χ0v) is 9.34. The van der Waals surface area contributed by atoms with E-state index in [0.717, 1.165) is 24.2 Å². The molecule has 3 unspecified atom stereocenters. The van der Waals surface area contributed by atoms with Crippen LogP contribution in [0.5, 0.6) is 0 Å². The number of aliphatic hydroxyl groups is 1. The molecule has 0 aromatic carbocycles. The fraction of sp³-hybridized carbons (Fsp3) is 1.00. The topological polar surface area (TPSA) is 20.2 Å². The molecule has 0 aliphatic heterocycles. The lowest BCUT2D eigenvalue weighted by molar-refractivity contribution is -0.0587. The van der Waals surface area contributed by atoms with Gasteiger partial charge < -0.3 is 5.11 Å². The first-order valence-electron chi connectivity index (χ1n) is 5.98. The first-order chi connectivity index (χ1) is 6.73. The molecular weight excluding hydrogens is 196 g/mol. The summed E-state index contributed by atoms with van der Waals surface area (Å²) in [5, 5.41) is 9.55. The second-order valence-corrected chi connectivity index (χ2v) is 6.32. The van der Waals surface area contributed by atoms with Gasteiger partial charge in [0.1, 0.15) is 0 Å². The van der Waals surface area contributed by atoms with Crippen molar-refractivity contribution in [1.29, 1.82) is 0 Å². The summed E-state index contributed by atoms with van der Waals surface area (Å²) in [6.45, 7) is 0.329. The molecule has 80 valence electrons. The Morgan fingerprint density at radius 2 is 1.79 bits per heavy atom. The number of rotatable bonds is 2. The van der Waals surface area contributed by atoms with Crippen LogP contribution < -0.4 is 0 Å². The second-order valence-electron chi connectivity index (χ2n) is 5.85. The quantitative estimate of drug-likeness (QED) is 0.701. The summed E-state index contributed by atoms with van der Waals surface area (Å²) in [6, 6.07) is 0. The van der Waals surface area contributed by atoms with Gasteiger partial charge in [0.2, 0.25) is 0 Å². The van der Waals surface area contributed by atoms with Crippen LogP contribution in [-0.4, -0.2) is 17.1 Å². The molecule has 4 aliphatic carbocycles. The number of aliphatic hydroxyl groups excluding tert-OH is 1. The van der Waals surface area contributed by atoms with E-state index in [2.05, 4.69) is 0 Å². The molecule has 1 nitrogen and oxygen atoms in total. The monoisotopic (exact) mass is 214 g/mol. The second kappa shape index (κ2) is 3.12. The SMILES string of the molecule is OCCC12CC3CC(CC(C3)C1Cl)C2. The lowest BCUT2D eigenvalue weighted by Gasteiger charge is -2.59. The summed E-state index contributed by atoms with van der Waals surface area (Å²) in [6.07, 6.45) is 7.75. The van der Waals surface area contributed by atoms with Gasteiger partial charge in [-0.1, -0.05) is 0 Å². The standard InChI is InChI=1S/C12H19ClO/c13-11-10-4-8-3-9(5-10)7-12(11,6-8)1-2-14/h8-11,14H,1-7H2. The van der Waals surface area contributed by atoms with Gasteiger partial charge in [0.15, 0.2) is 0 Å². The molecular formula is C12H19ClO.